The lowest BCUT2D eigenvalue weighted by molar-refractivity contribution is -0.383. The molecule has 19 heavy (non-hydrogen) atoms. The van der Waals surface area contributed by atoms with Crippen LogP contribution in [0.4, 0.5) is 11.4 Å². The number of nitrogens with one attached hydrogen (secondary N) is 1. The number of nitro benzene ring substituents is 1. The minimum atomic E-state index is -0.658. The van der Waals surface area contributed by atoms with Gasteiger partial charge in [-0.3, -0.25) is 14.9 Å². The number of nitrogens with zero attached hydrogens (tertiary/aromatic N) is 1. The number of unbranched alkanes of at least 4 members (excludes halogenated alkanes) is 2. The molecule has 104 valence electrons. The molecule has 0 aliphatic rings. The highest BCUT2D eigenvalue weighted by molar-refractivity contribution is 6.34. The van der Waals surface area contributed by atoms with E-state index in [2.05, 4.69) is 12.2 Å². The standard InChI is InChI=1S/C12H16ClN3O3/c1-2-3-4-5-15-12(17)8-6-9(13)11(14)10(7-8)16(18)19/h6-7H,2-5,14H2,1H3,(H,15,17). The van der Waals surface area contributed by atoms with Crippen LogP contribution >= 0.6 is 11.6 Å². The third-order valence-corrected chi connectivity index (χ3v) is 2.95. The van der Waals surface area contributed by atoms with Crippen LogP contribution in [0.15, 0.2) is 12.1 Å². The molecule has 0 aliphatic carbocycles. The Morgan fingerprint density at radius 1 is 1.47 bits per heavy atom. The SMILES string of the molecule is CCCCCNC(=O)c1cc(Cl)c(N)c([N+](=O)[O-])c1. The maximum absolute atomic E-state index is 11.8. The molecule has 6 nitrogen and oxygen atoms in total. The first-order valence-electron chi connectivity index (χ1n) is 5.99. The van der Waals surface area contributed by atoms with E-state index in [9.17, 15) is 14.9 Å². The third-order valence-electron chi connectivity index (χ3n) is 2.63. The molecule has 0 radical (unpaired) electrons. The van der Waals surface area contributed by atoms with Crippen LogP contribution in [0.25, 0.3) is 0 Å². The second-order valence-electron chi connectivity index (χ2n) is 4.11. The monoisotopic (exact) mass is 285 g/mol. The zero-order valence-corrected chi connectivity index (χ0v) is 11.4. The number of carbonyl (C=O) groups excluding carboxylic acids is 1. The lowest BCUT2D eigenvalue weighted by Gasteiger charge is -2.07. The first-order valence-corrected chi connectivity index (χ1v) is 6.36. The largest absolute Gasteiger partial charge is 0.392 e. The number of rotatable bonds is 6. The molecule has 0 aromatic heterocycles. The van der Waals surface area contributed by atoms with E-state index in [0.717, 1.165) is 25.3 Å². The lowest BCUT2D eigenvalue weighted by Crippen LogP contribution is -2.24. The van der Waals surface area contributed by atoms with Crippen molar-refractivity contribution in [2.75, 3.05) is 12.3 Å². The zero-order valence-electron chi connectivity index (χ0n) is 10.6. The van der Waals surface area contributed by atoms with Crippen LogP contribution in [0.1, 0.15) is 36.5 Å². The Morgan fingerprint density at radius 3 is 2.74 bits per heavy atom. The first kappa shape index (κ1) is 15.2. The van der Waals surface area contributed by atoms with Crippen LogP contribution in [0.2, 0.25) is 5.02 Å². The van der Waals surface area contributed by atoms with E-state index in [1.54, 1.807) is 0 Å². The summed E-state index contributed by atoms with van der Waals surface area (Å²) in [5.74, 6) is -0.388. The molecular weight excluding hydrogens is 270 g/mol. The molecule has 1 rings (SSSR count). The molecule has 0 atom stereocenters. The molecule has 0 spiro atoms. The predicted octanol–water partition coefficient (Wildman–Crippen LogP) is 2.75. The Labute approximate surface area is 116 Å². The minimum absolute atomic E-state index is 0.00732. The highest BCUT2D eigenvalue weighted by Gasteiger charge is 2.19. The summed E-state index contributed by atoms with van der Waals surface area (Å²) in [5, 5.41) is 13.5. The fraction of sp³-hybridized carbons (Fsp3) is 0.417. The van der Waals surface area contributed by atoms with Gasteiger partial charge in [-0.05, 0) is 12.5 Å². The smallest absolute Gasteiger partial charge is 0.294 e. The van der Waals surface area contributed by atoms with Crippen molar-refractivity contribution in [3.05, 3.63) is 32.8 Å². The number of nitrogen functional groups attached to an aromatic ring is 1. The summed E-state index contributed by atoms with van der Waals surface area (Å²) in [6.45, 7) is 2.59. The van der Waals surface area contributed by atoms with Crippen LogP contribution in [-0.4, -0.2) is 17.4 Å². The number of anilines is 1. The van der Waals surface area contributed by atoms with E-state index in [1.165, 1.54) is 6.07 Å². The Balaban J connectivity index is 2.83. The molecule has 3 N–H and O–H groups in total. The number of carbonyl (C=O) groups is 1. The topological polar surface area (TPSA) is 98.3 Å². The fourth-order valence-electron chi connectivity index (χ4n) is 1.56. The molecule has 0 bridgehead atoms. The van der Waals surface area contributed by atoms with E-state index in [1.807, 2.05) is 0 Å². The van der Waals surface area contributed by atoms with Crippen molar-refractivity contribution in [2.45, 2.75) is 26.2 Å². The molecule has 1 aromatic carbocycles. The Kier molecular flexibility index (Phi) is 5.57. The highest BCUT2D eigenvalue weighted by Crippen LogP contribution is 2.30. The van der Waals surface area contributed by atoms with Crippen molar-refractivity contribution in [2.24, 2.45) is 0 Å². The van der Waals surface area contributed by atoms with Crippen molar-refractivity contribution >= 4 is 28.9 Å². The van der Waals surface area contributed by atoms with Gasteiger partial charge in [0.2, 0.25) is 0 Å². The lowest BCUT2D eigenvalue weighted by atomic mass is 10.1. The zero-order chi connectivity index (χ0) is 14.4. The number of hydrogen-bond donors (Lipinski definition) is 2. The second-order valence-corrected chi connectivity index (χ2v) is 4.52. The molecule has 7 heteroatoms. The second kappa shape index (κ2) is 6.94. The molecule has 1 aromatic rings. The van der Waals surface area contributed by atoms with Crippen LogP contribution < -0.4 is 11.1 Å². The number of nitro groups is 1. The van der Waals surface area contributed by atoms with Gasteiger partial charge in [0, 0.05) is 18.2 Å². The summed E-state index contributed by atoms with van der Waals surface area (Å²) >= 11 is 5.78. The minimum Gasteiger partial charge on any atom is -0.392 e. The quantitative estimate of drug-likeness (QED) is 0.363. The number of nitrogens with two attached hydrogens (primary N) is 1. The summed E-state index contributed by atoms with van der Waals surface area (Å²) in [7, 11) is 0. The average molecular weight is 286 g/mol. The maximum atomic E-state index is 11.8. The van der Waals surface area contributed by atoms with Crippen LogP contribution in [-0.2, 0) is 0 Å². The Morgan fingerprint density at radius 2 is 2.16 bits per heavy atom. The molecule has 0 fully saturated rings. The van der Waals surface area contributed by atoms with Gasteiger partial charge >= 0.3 is 0 Å². The van der Waals surface area contributed by atoms with Gasteiger partial charge in [0.25, 0.3) is 11.6 Å². The van der Waals surface area contributed by atoms with E-state index in [0.29, 0.717) is 6.54 Å². The Bertz CT molecular complexity index is 491. The first-order chi connectivity index (χ1) is 8.97. The Hall–Kier alpha value is -1.82. The number of halogens is 1. The van der Waals surface area contributed by atoms with E-state index in [-0.39, 0.29) is 27.9 Å². The molecule has 1 amide bonds. The van der Waals surface area contributed by atoms with Crippen molar-refractivity contribution in [1.29, 1.82) is 0 Å². The van der Waals surface area contributed by atoms with Crippen LogP contribution in [0.5, 0.6) is 0 Å². The molecule has 0 heterocycles. The van der Waals surface area contributed by atoms with Gasteiger partial charge in [-0.25, -0.2) is 0 Å². The van der Waals surface area contributed by atoms with E-state index < -0.39 is 4.92 Å². The average Bonchev–Trinajstić information content (AvgIpc) is 2.37. The van der Waals surface area contributed by atoms with Crippen molar-refractivity contribution in [3.63, 3.8) is 0 Å². The van der Waals surface area contributed by atoms with Gasteiger partial charge < -0.3 is 11.1 Å². The van der Waals surface area contributed by atoms with Crippen LogP contribution in [0.3, 0.4) is 0 Å². The maximum Gasteiger partial charge on any atom is 0.294 e. The summed E-state index contributed by atoms with van der Waals surface area (Å²) in [6.07, 6.45) is 2.94. The summed E-state index contributed by atoms with van der Waals surface area (Å²) in [5.41, 5.74) is 5.14. The molecule has 0 saturated carbocycles. The molecule has 0 unspecified atom stereocenters. The van der Waals surface area contributed by atoms with Crippen LogP contribution in [0, 0.1) is 10.1 Å². The van der Waals surface area contributed by atoms with Crippen molar-refractivity contribution in [3.8, 4) is 0 Å². The number of benzene rings is 1. The van der Waals surface area contributed by atoms with Gasteiger partial charge in [0.1, 0.15) is 5.69 Å². The van der Waals surface area contributed by atoms with Gasteiger partial charge in [-0.15, -0.1) is 0 Å². The van der Waals surface area contributed by atoms with Crippen molar-refractivity contribution in [1.82, 2.24) is 5.32 Å². The highest BCUT2D eigenvalue weighted by atomic mass is 35.5. The van der Waals surface area contributed by atoms with Gasteiger partial charge in [-0.2, -0.15) is 0 Å². The molecule has 0 aliphatic heterocycles. The van der Waals surface area contributed by atoms with Gasteiger partial charge in [0.05, 0.1) is 9.95 Å². The molecule has 0 saturated heterocycles. The van der Waals surface area contributed by atoms with Crippen molar-refractivity contribution < 1.29 is 9.72 Å². The molecular formula is C12H16ClN3O3. The van der Waals surface area contributed by atoms with Gasteiger partial charge in [-0.1, -0.05) is 31.4 Å². The summed E-state index contributed by atoms with van der Waals surface area (Å²) < 4.78 is 0. The number of hydrogen-bond acceptors (Lipinski definition) is 4. The van der Waals surface area contributed by atoms with Gasteiger partial charge in [0.15, 0.2) is 0 Å². The summed E-state index contributed by atoms with van der Waals surface area (Å²) in [6, 6.07) is 2.47. The van der Waals surface area contributed by atoms with E-state index in [4.69, 9.17) is 17.3 Å². The predicted molar refractivity (Wildman–Crippen MR) is 74.4 cm³/mol. The number of amides is 1. The fourth-order valence-corrected chi connectivity index (χ4v) is 1.78. The normalized spacial score (nSPS) is 10.2. The third kappa shape index (κ3) is 4.10. The summed E-state index contributed by atoms with van der Waals surface area (Å²) in [4.78, 5) is 21.9. The van der Waals surface area contributed by atoms with E-state index >= 15 is 0 Å².